The van der Waals surface area contributed by atoms with Crippen LogP contribution in [-0.2, 0) is 16.0 Å². The molecular weight excluding hydrogens is 308 g/mol. The van der Waals surface area contributed by atoms with Gasteiger partial charge in [-0.15, -0.1) is 0 Å². The summed E-state index contributed by atoms with van der Waals surface area (Å²) < 4.78 is 4.67. The smallest absolute Gasteiger partial charge is 0.228 e. The summed E-state index contributed by atoms with van der Waals surface area (Å²) in [5.41, 5.74) is 1.28. The Hall–Kier alpha value is -1.92. The molecule has 0 saturated carbocycles. The Labute approximate surface area is 142 Å². The molecule has 1 aromatic heterocycles. The maximum absolute atomic E-state index is 12.6. The van der Waals surface area contributed by atoms with Crippen LogP contribution in [0.3, 0.4) is 0 Å². The number of likely N-dealkylation sites (tertiary alicyclic amines) is 2. The monoisotopic (exact) mass is 334 g/mol. The highest BCUT2D eigenvalue weighted by Gasteiger charge is 2.40. The van der Waals surface area contributed by atoms with Gasteiger partial charge < -0.3 is 9.80 Å². The van der Waals surface area contributed by atoms with E-state index < -0.39 is 0 Å². The van der Waals surface area contributed by atoms with Gasteiger partial charge in [0, 0.05) is 32.1 Å². The zero-order valence-electron chi connectivity index (χ0n) is 14.7. The standard InChI is InChI=1S/C17H26N4O3/c1-11(2)9-21-15-6-7-20(10-13(15)4-5-16(21)22)17(23)8-14-12(3)18-24-19-14/h11,13,15H,4-10H2,1-3H3/t13-,15+/m0/s1. The molecule has 2 saturated heterocycles. The number of piperidine rings is 2. The van der Waals surface area contributed by atoms with Crippen molar-refractivity contribution < 1.29 is 14.2 Å². The molecule has 7 nitrogen and oxygen atoms in total. The number of carbonyl (C=O) groups excluding carboxylic acids is 2. The number of amides is 2. The number of aryl methyl sites for hydroxylation is 1. The van der Waals surface area contributed by atoms with E-state index in [1.165, 1.54) is 0 Å². The quantitative estimate of drug-likeness (QED) is 0.832. The minimum absolute atomic E-state index is 0.0690. The summed E-state index contributed by atoms with van der Waals surface area (Å²) in [5.74, 6) is 1.19. The summed E-state index contributed by atoms with van der Waals surface area (Å²) in [6, 6.07) is 0.285. The first-order chi connectivity index (χ1) is 11.5. The van der Waals surface area contributed by atoms with Gasteiger partial charge in [-0.1, -0.05) is 24.2 Å². The summed E-state index contributed by atoms with van der Waals surface area (Å²) >= 11 is 0. The Morgan fingerprint density at radius 2 is 2.12 bits per heavy atom. The minimum atomic E-state index is 0.0690. The Morgan fingerprint density at radius 1 is 1.33 bits per heavy atom. The van der Waals surface area contributed by atoms with E-state index in [1.807, 2.05) is 4.90 Å². The van der Waals surface area contributed by atoms with Crippen molar-refractivity contribution in [3.05, 3.63) is 11.4 Å². The molecule has 2 fully saturated rings. The van der Waals surface area contributed by atoms with Crippen molar-refractivity contribution in [2.24, 2.45) is 11.8 Å². The van der Waals surface area contributed by atoms with Crippen LogP contribution in [0.4, 0.5) is 0 Å². The molecule has 2 atom stereocenters. The molecule has 3 heterocycles. The molecule has 2 aliphatic heterocycles. The van der Waals surface area contributed by atoms with Gasteiger partial charge in [-0.2, -0.15) is 0 Å². The van der Waals surface area contributed by atoms with Crippen LogP contribution in [0.2, 0.25) is 0 Å². The second-order valence-corrected chi connectivity index (χ2v) is 7.41. The summed E-state index contributed by atoms with van der Waals surface area (Å²) in [7, 11) is 0. The second-order valence-electron chi connectivity index (χ2n) is 7.41. The van der Waals surface area contributed by atoms with E-state index in [0.717, 1.165) is 25.9 Å². The number of rotatable bonds is 4. The van der Waals surface area contributed by atoms with Crippen molar-refractivity contribution in [3.63, 3.8) is 0 Å². The van der Waals surface area contributed by atoms with E-state index in [4.69, 9.17) is 0 Å². The SMILES string of the molecule is Cc1nonc1CC(=O)N1CC[C@@H]2[C@@H](CCC(=O)N2CC(C)C)C1. The lowest BCUT2D eigenvalue weighted by Gasteiger charge is -2.47. The first kappa shape index (κ1) is 16.9. The second kappa shape index (κ2) is 6.91. The highest BCUT2D eigenvalue weighted by molar-refractivity contribution is 5.79. The average Bonchev–Trinajstić information content (AvgIpc) is 2.94. The van der Waals surface area contributed by atoms with E-state index in [9.17, 15) is 9.59 Å². The van der Waals surface area contributed by atoms with Gasteiger partial charge in [0.15, 0.2) is 0 Å². The lowest BCUT2D eigenvalue weighted by atomic mass is 9.83. The molecule has 2 aliphatic rings. The van der Waals surface area contributed by atoms with Crippen LogP contribution in [0, 0.1) is 18.8 Å². The fraction of sp³-hybridized carbons (Fsp3) is 0.765. The molecule has 0 bridgehead atoms. The number of fused-ring (bicyclic) bond motifs is 1. The van der Waals surface area contributed by atoms with E-state index >= 15 is 0 Å². The number of carbonyl (C=O) groups is 2. The fourth-order valence-electron chi connectivity index (χ4n) is 3.87. The number of nitrogens with zero attached hydrogens (tertiary/aromatic N) is 4. The molecule has 0 radical (unpaired) electrons. The number of hydrogen-bond donors (Lipinski definition) is 0. The molecule has 1 aromatic rings. The zero-order chi connectivity index (χ0) is 17.3. The molecule has 0 aliphatic carbocycles. The molecule has 7 heteroatoms. The van der Waals surface area contributed by atoms with Crippen LogP contribution < -0.4 is 0 Å². The van der Waals surface area contributed by atoms with Crippen molar-refractivity contribution in [1.82, 2.24) is 20.1 Å². The fourth-order valence-corrected chi connectivity index (χ4v) is 3.87. The summed E-state index contributed by atoms with van der Waals surface area (Å²) in [5, 5.41) is 7.53. The van der Waals surface area contributed by atoms with Crippen molar-refractivity contribution in [1.29, 1.82) is 0 Å². The van der Waals surface area contributed by atoms with E-state index in [0.29, 0.717) is 36.2 Å². The van der Waals surface area contributed by atoms with Gasteiger partial charge in [0.25, 0.3) is 0 Å². The van der Waals surface area contributed by atoms with E-state index in [-0.39, 0.29) is 24.3 Å². The molecule has 132 valence electrons. The van der Waals surface area contributed by atoms with Crippen LogP contribution >= 0.6 is 0 Å². The van der Waals surface area contributed by atoms with Gasteiger partial charge >= 0.3 is 0 Å². The average molecular weight is 334 g/mol. The van der Waals surface area contributed by atoms with Gasteiger partial charge in [0.05, 0.1) is 6.42 Å². The summed E-state index contributed by atoms with van der Waals surface area (Å²) in [6.45, 7) is 8.33. The Bertz CT molecular complexity index is 613. The van der Waals surface area contributed by atoms with Crippen LogP contribution in [-0.4, -0.2) is 57.6 Å². The normalized spacial score (nSPS) is 24.4. The number of aromatic nitrogens is 2. The van der Waals surface area contributed by atoms with Crippen molar-refractivity contribution >= 4 is 11.8 Å². The van der Waals surface area contributed by atoms with E-state index in [1.54, 1.807) is 6.92 Å². The molecule has 0 spiro atoms. The number of hydrogen-bond acceptors (Lipinski definition) is 5. The van der Waals surface area contributed by atoms with Gasteiger partial charge in [0.2, 0.25) is 11.8 Å². The van der Waals surface area contributed by atoms with Crippen LogP contribution in [0.5, 0.6) is 0 Å². The minimum Gasteiger partial charge on any atom is -0.342 e. The van der Waals surface area contributed by atoms with Gasteiger partial charge in [-0.25, -0.2) is 4.63 Å². The third kappa shape index (κ3) is 3.44. The lowest BCUT2D eigenvalue weighted by molar-refractivity contribution is -0.144. The van der Waals surface area contributed by atoms with Gasteiger partial charge in [0.1, 0.15) is 11.4 Å². The highest BCUT2D eigenvalue weighted by atomic mass is 16.6. The van der Waals surface area contributed by atoms with Crippen LogP contribution in [0.15, 0.2) is 4.63 Å². The van der Waals surface area contributed by atoms with E-state index in [2.05, 4.69) is 33.7 Å². The lowest BCUT2D eigenvalue weighted by Crippen LogP contribution is -2.57. The molecule has 2 amide bonds. The molecule has 0 aromatic carbocycles. The van der Waals surface area contributed by atoms with Gasteiger partial charge in [-0.3, -0.25) is 9.59 Å². The Balaban J connectivity index is 1.63. The first-order valence-corrected chi connectivity index (χ1v) is 8.81. The molecule has 3 rings (SSSR count). The summed E-state index contributed by atoms with van der Waals surface area (Å²) in [4.78, 5) is 28.8. The van der Waals surface area contributed by atoms with Crippen molar-refractivity contribution in [2.45, 2.75) is 52.5 Å². The highest BCUT2D eigenvalue weighted by Crippen LogP contribution is 2.32. The first-order valence-electron chi connectivity index (χ1n) is 8.81. The van der Waals surface area contributed by atoms with Crippen molar-refractivity contribution in [3.8, 4) is 0 Å². The Kier molecular flexibility index (Phi) is 4.87. The van der Waals surface area contributed by atoms with Crippen LogP contribution in [0.1, 0.15) is 44.5 Å². The maximum Gasteiger partial charge on any atom is 0.228 e. The zero-order valence-corrected chi connectivity index (χ0v) is 14.7. The van der Waals surface area contributed by atoms with Crippen molar-refractivity contribution in [2.75, 3.05) is 19.6 Å². The largest absolute Gasteiger partial charge is 0.342 e. The predicted octanol–water partition coefficient (Wildman–Crippen LogP) is 1.42. The topological polar surface area (TPSA) is 79.5 Å². The van der Waals surface area contributed by atoms with Crippen LogP contribution in [0.25, 0.3) is 0 Å². The maximum atomic E-state index is 12.6. The predicted molar refractivity (Wildman–Crippen MR) is 87.0 cm³/mol. The molecule has 0 unspecified atom stereocenters. The molecule has 0 N–H and O–H groups in total. The Morgan fingerprint density at radius 3 is 2.79 bits per heavy atom. The summed E-state index contributed by atoms with van der Waals surface area (Å²) in [6.07, 6.45) is 2.58. The molecule has 24 heavy (non-hydrogen) atoms. The molecular formula is C17H26N4O3. The third-order valence-electron chi connectivity index (χ3n) is 5.12. The third-order valence-corrected chi connectivity index (χ3v) is 5.12. The van der Waals surface area contributed by atoms with Gasteiger partial charge in [-0.05, 0) is 31.6 Å².